The normalized spacial score (nSPS) is 14.9. The van der Waals surface area contributed by atoms with Crippen molar-refractivity contribution in [3.8, 4) is 11.5 Å². The Balaban J connectivity index is 1.59. The molecule has 27 heavy (non-hydrogen) atoms. The molecular weight excluding hydrogens is 360 g/mol. The molecule has 1 fully saturated rings. The fourth-order valence-corrected chi connectivity index (χ4v) is 3.55. The quantitative estimate of drug-likeness (QED) is 0.706. The molecule has 0 aliphatic carbocycles. The summed E-state index contributed by atoms with van der Waals surface area (Å²) in [6.07, 6.45) is 2.46. The standard InChI is InChI=1S/C22H29ClN2O2/c1-16-3-5-18(6-4-16)15-27-22-12-20(23)19(11-21(22)26-2)14-25-13-17-7-9-24-10-8-17/h3-6,11-12,17,24-25H,7-10,13-15H2,1-2H3. The van der Waals surface area contributed by atoms with Crippen LogP contribution in [0.5, 0.6) is 11.5 Å². The third-order valence-corrected chi connectivity index (χ3v) is 5.41. The molecule has 0 atom stereocenters. The predicted molar refractivity (Wildman–Crippen MR) is 111 cm³/mol. The summed E-state index contributed by atoms with van der Waals surface area (Å²) < 4.78 is 11.5. The molecule has 0 aromatic heterocycles. The molecule has 0 spiro atoms. The zero-order valence-corrected chi connectivity index (χ0v) is 16.9. The van der Waals surface area contributed by atoms with Gasteiger partial charge >= 0.3 is 0 Å². The molecule has 0 unspecified atom stereocenters. The Kier molecular flexibility index (Phi) is 7.39. The minimum atomic E-state index is 0.486. The molecule has 0 saturated carbocycles. The van der Waals surface area contributed by atoms with Crippen molar-refractivity contribution in [3.05, 3.63) is 58.1 Å². The van der Waals surface area contributed by atoms with Crippen LogP contribution in [0, 0.1) is 12.8 Å². The van der Waals surface area contributed by atoms with Gasteiger partial charge in [-0.3, -0.25) is 0 Å². The van der Waals surface area contributed by atoms with Crippen LogP contribution in [0.25, 0.3) is 0 Å². The molecule has 146 valence electrons. The lowest BCUT2D eigenvalue weighted by Crippen LogP contribution is -2.33. The van der Waals surface area contributed by atoms with Gasteiger partial charge in [0.05, 0.1) is 7.11 Å². The first kappa shape index (κ1) is 20.0. The van der Waals surface area contributed by atoms with E-state index in [9.17, 15) is 0 Å². The summed E-state index contributed by atoms with van der Waals surface area (Å²) in [5, 5.41) is 7.64. The van der Waals surface area contributed by atoms with E-state index in [2.05, 4.69) is 41.8 Å². The molecular formula is C22H29ClN2O2. The van der Waals surface area contributed by atoms with E-state index in [1.54, 1.807) is 7.11 Å². The first-order chi connectivity index (χ1) is 13.2. The van der Waals surface area contributed by atoms with Crippen LogP contribution in [0.15, 0.2) is 36.4 Å². The minimum absolute atomic E-state index is 0.486. The van der Waals surface area contributed by atoms with Gasteiger partial charge in [-0.2, -0.15) is 0 Å². The zero-order chi connectivity index (χ0) is 19.1. The number of nitrogens with one attached hydrogen (secondary N) is 2. The monoisotopic (exact) mass is 388 g/mol. The summed E-state index contributed by atoms with van der Waals surface area (Å²) in [7, 11) is 1.66. The van der Waals surface area contributed by atoms with Gasteiger partial charge in [0, 0.05) is 17.6 Å². The topological polar surface area (TPSA) is 42.5 Å². The maximum Gasteiger partial charge on any atom is 0.163 e. The Morgan fingerprint density at radius 1 is 1.11 bits per heavy atom. The van der Waals surface area contributed by atoms with Gasteiger partial charge in [0.25, 0.3) is 0 Å². The molecule has 5 heteroatoms. The second-order valence-electron chi connectivity index (χ2n) is 7.19. The second kappa shape index (κ2) is 9.98. The van der Waals surface area contributed by atoms with Gasteiger partial charge in [-0.05, 0) is 62.5 Å². The summed E-state index contributed by atoms with van der Waals surface area (Å²) in [6, 6.07) is 12.1. The molecule has 2 aromatic carbocycles. The largest absolute Gasteiger partial charge is 0.493 e. The number of piperidine rings is 1. The van der Waals surface area contributed by atoms with Crippen molar-refractivity contribution in [1.82, 2.24) is 10.6 Å². The van der Waals surface area contributed by atoms with E-state index in [1.807, 2.05) is 12.1 Å². The van der Waals surface area contributed by atoms with Crippen molar-refractivity contribution in [2.45, 2.75) is 32.9 Å². The number of halogens is 1. The van der Waals surface area contributed by atoms with E-state index >= 15 is 0 Å². The lowest BCUT2D eigenvalue weighted by atomic mass is 9.98. The molecule has 2 aromatic rings. The highest BCUT2D eigenvalue weighted by atomic mass is 35.5. The first-order valence-electron chi connectivity index (χ1n) is 9.62. The van der Waals surface area contributed by atoms with Crippen molar-refractivity contribution >= 4 is 11.6 Å². The molecule has 1 saturated heterocycles. The number of hydrogen-bond acceptors (Lipinski definition) is 4. The van der Waals surface area contributed by atoms with Crippen LogP contribution in [0.3, 0.4) is 0 Å². The number of rotatable bonds is 8. The van der Waals surface area contributed by atoms with E-state index in [1.165, 1.54) is 18.4 Å². The van der Waals surface area contributed by atoms with Crippen molar-refractivity contribution in [2.75, 3.05) is 26.7 Å². The van der Waals surface area contributed by atoms with Gasteiger partial charge in [-0.1, -0.05) is 41.4 Å². The maximum atomic E-state index is 6.50. The SMILES string of the molecule is COc1cc(CNCC2CCNCC2)c(Cl)cc1OCc1ccc(C)cc1. The van der Waals surface area contributed by atoms with E-state index in [4.69, 9.17) is 21.1 Å². The smallest absolute Gasteiger partial charge is 0.163 e. The van der Waals surface area contributed by atoms with Gasteiger partial charge in [0.2, 0.25) is 0 Å². The number of ether oxygens (including phenoxy) is 2. The highest BCUT2D eigenvalue weighted by molar-refractivity contribution is 6.31. The van der Waals surface area contributed by atoms with Gasteiger partial charge in [0.1, 0.15) is 6.61 Å². The summed E-state index contributed by atoms with van der Waals surface area (Å²) in [5.41, 5.74) is 3.39. The Bertz CT molecular complexity index is 728. The van der Waals surface area contributed by atoms with E-state index < -0.39 is 0 Å². The highest BCUT2D eigenvalue weighted by Gasteiger charge is 2.14. The number of aryl methyl sites for hydroxylation is 1. The Hall–Kier alpha value is -1.75. The Labute approximate surface area is 167 Å². The van der Waals surface area contributed by atoms with Crippen LogP contribution in [-0.4, -0.2) is 26.7 Å². The Morgan fingerprint density at radius 3 is 2.56 bits per heavy atom. The van der Waals surface area contributed by atoms with Crippen molar-refractivity contribution in [2.24, 2.45) is 5.92 Å². The third-order valence-electron chi connectivity index (χ3n) is 5.05. The van der Waals surface area contributed by atoms with Gasteiger partial charge in [0.15, 0.2) is 11.5 Å². The van der Waals surface area contributed by atoms with E-state index in [0.29, 0.717) is 23.1 Å². The first-order valence-corrected chi connectivity index (χ1v) is 9.99. The average Bonchev–Trinajstić information content (AvgIpc) is 2.69. The van der Waals surface area contributed by atoms with Crippen LogP contribution in [-0.2, 0) is 13.2 Å². The molecule has 3 rings (SSSR count). The van der Waals surface area contributed by atoms with E-state index in [-0.39, 0.29) is 0 Å². The van der Waals surface area contributed by atoms with Crippen LogP contribution >= 0.6 is 11.6 Å². The molecule has 1 aliphatic rings. The second-order valence-corrected chi connectivity index (χ2v) is 7.60. The lowest BCUT2D eigenvalue weighted by molar-refractivity contribution is 0.284. The molecule has 4 nitrogen and oxygen atoms in total. The van der Waals surface area contributed by atoms with Crippen molar-refractivity contribution < 1.29 is 9.47 Å². The summed E-state index contributed by atoms with van der Waals surface area (Å²) in [5.74, 6) is 2.12. The van der Waals surface area contributed by atoms with Crippen molar-refractivity contribution in [3.63, 3.8) is 0 Å². The predicted octanol–water partition coefficient (Wildman–Crippen LogP) is 4.33. The average molecular weight is 389 g/mol. The lowest BCUT2D eigenvalue weighted by Gasteiger charge is -2.23. The van der Waals surface area contributed by atoms with Gasteiger partial charge in [-0.25, -0.2) is 0 Å². The number of benzene rings is 2. The number of hydrogen-bond donors (Lipinski definition) is 2. The maximum absolute atomic E-state index is 6.50. The highest BCUT2D eigenvalue weighted by Crippen LogP contribution is 2.34. The molecule has 0 radical (unpaired) electrons. The summed E-state index contributed by atoms with van der Waals surface area (Å²) >= 11 is 6.50. The molecule has 1 heterocycles. The molecule has 0 bridgehead atoms. The fourth-order valence-electron chi connectivity index (χ4n) is 3.33. The van der Waals surface area contributed by atoms with Crippen molar-refractivity contribution in [1.29, 1.82) is 0 Å². The van der Waals surface area contributed by atoms with E-state index in [0.717, 1.165) is 43.2 Å². The summed E-state index contributed by atoms with van der Waals surface area (Å²) in [4.78, 5) is 0. The molecule has 2 N–H and O–H groups in total. The number of methoxy groups -OCH3 is 1. The van der Waals surface area contributed by atoms with Gasteiger partial charge in [-0.15, -0.1) is 0 Å². The third kappa shape index (κ3) is 5.86. The van der Waals surface area contributed by atoms with Crippen LogP contribution in [0.1, 0.15) is 29.5 Å². The minimum Gasteiger partial charge on any atom is -0.493 e. The molecule has 0 amide bonds. The van der Waals surface area contributed by atoms with Crippen LogP contribution in [0.2, 0.25) is 5.02 Å². The van der Waals surface area contributed by atoms with Crippen LogP contribution < -0.4 is 20.1 Å². The van der Waals surface area contributed by atoms with Crippen LogP contribution in [0.4, 0.5) is 0 Å². The van der Waals surface area contributed by atoms with Gasteiger partial charge < -0.3 is 20.1 Å². The molecule has 1 aliphatic heterocycles. The Morgan fingerprint density at radius 2 is 1.85 bits per heavy atom. The zero-order valence-electron chi connectivity index (χ0n) is 16.2. The summed E-state index contributed by atoms with van der Waals surface area (Å²) in [6.45, 7) is 6.55. The fraction of sp³-hybridized carbons (Fsp3) is 0.455.